The van der Waals surface area contributed by atoms with Gasteiger partial charge in [-0.2, -0.15) is 0 Å². The number of aliphatic hydroxyl groups excluding tert-OH is 1. The number of hydrogen-bond acceptors (Lipinski definition) is 4. The molecule has 0 bridgehead atoms. The third kappa shape index (κ3) is 9.53. The predicted molar refractivity (Wildman–Crippen MR) is 74.4 cm³/mol. The zero-order chi connectivity index (χ0) is 13.3. The first kappa shape index (κ1) is 16.8. The van der Waals surface area contributed by atoms with Crippen molar-refractivity contribution in [2.75, 3.05) is 53.9 Å². The summed E-state index contributed by atoms with van der Waals surface area (Å²) in [6.07, 6.45) is 1.01. The second kappa shape index (κ2) is 9.83. The standard InChI is InChI=1S/C13H31N3O/c1-12(2)10-16(9-8-15(4)5)7-6-13(11-17)14-3/h12-14,17H,6-11H2,1-5H3. The molecule has 4 nitrogen and oxygen atoms in total. The fraction of sp³-hybridized carbons (Fsp3) is 1.00. The summed E-state index contributed by atoms with van der Waals surface area (Å²) in [5, 5.41) is 12.3. The molecule has 4 heteroatoms. The van der Waals surface area contributed by atoms with Crippen LogP contribution in [0.3, 0.4) is 0 Å². The largest absolute Gasteiger partial charge is 0.395 e. The van der Waals surface area contributed by atoms with Crippen molar-refractivity contribution in [3.8, 4) is 0 Å². The van der Waals surface area contributed by atoms with Gasteiger partial charge in [-0.05, 0) is 40.0 Å². The Labute approximate surface area is 107 Å². The number of likely N-dealkylation sites (N-methyl/N-ethyl adjacent to an activating group) is 2. The Morgan fingerprint density at radius 2 is 1.76 bits per heavy atom. The van der Waals surface area contributed by atoms with Crippen molar-refractivity contribution in [2.24, 2.45) is 5.92 Å². The molecular weight excluding hydrogens is 214 g/mol. The van der Waals surface area contributed by atoms with E-state index in [2.05, 4.69) is 43.1 Å². The molecule has 0 spiro atoms. The van der Waals surface area contributed by atoms with Crippen LogP contribution in [0.2, 0.25) is 0 Å². The Balaban J connectivity index is 3.99. The molecule has 104 valence electrons. The molecule has 1 unspecified atom stereocenters. The molecule has 17 heavy (non-hydrogen) atoms. The average Bonchev–Trinajstić information content (AvgIpc) is 2.26. The van der Waals surface area contributed by atoms with E-state index in [0.717, 1.165) is 32.6 Å². The van der Waals surface area contributed by atoms with Gasteiger partial charge in [-0.15, -0.1) is 0 Å². The number of nitrogens with zero attached hydrogens (tertiary/aromatic N) is 2. The highest BCUT2D eigenvalue weighted by molar-refractivity contribution is 4.68. The van der Waals surface area contributed by atoms with Gasteiger partial charge in [0.2, 0.25) is 0 Å². The maximum atomic E-state index is 9.15. The van der Waals surface area contributed by atoms with Crippen molar-refractivity contribution >= 4 is 0 Å². The fourth-order valence-electron chi connectivity index (χ4n) is 1.82. The van der Waals surface area contributed by atoms with Crippen molar-refractivity contribution in [1.82, 2.24) is 15.1 Å². The van der Waals surface area contributed by atoms with Gasteiger partial charge in [0, 0.05) is 25.7 Å². The second-order valence-corrected chi connectivity index (χ2v) is 5.45. The summed E-state index contributed by atoms with van der Waals surface area (Å²) in [4.78, 5) is 4.71. The summed E-state index contributed by atoms with van der Waals surface area (Å²) < 4.78 is 0. The molecule has 0 amide bonds. The SMILES string of the molecule is CNC(CO)CCN(CCN(C)C)CC(C)C. The molecule has 0 aromatic heterocycles. The van der Waals surface area contributed by atoms with Gasteiger partial charge in [0.15, 0.2) is 0 Å². The van der Waals surface area contributed by atoms with Crippen LogP contribution in [-0.4, -0.2) is 74.9 Å². The van der Waals surface area contributed by atoms with E-state index in [1.165, 1.54) is 0 Å². The van der Waals surface area contributed by atoms with Gasteiger partial charge >= 0.3 is 0 Å². The highest BCUT2D eigenvalue weighted by Gasteiger charge is 2.11. The highest BCUT2D eigenvalue weighted by Crippen LogP contribution is 2.02. The molecule has 0 rings (SSSR count). The van der Waals surface area contributed by atoms with Gasteiger partial charge in [0.1, 0.15) is 0 Å². The summed E-state index contributed by atoms with van der Waals surface area (Å²) in [6.45, 7) is 9.12. The Kier molecular flexibility index (Phi) is 9.74. The Bertz CT molecular complexity index is 170. The molecule has 0 saturated carbocycles. The lowest BCUT2D eigenvalue weighted by Gasteiger charge is -2.27. The number of rotatable bonds is 10. The van der Waals surface area contributed by atoms with E-state index >= 15 is 0 Å². The number of hydrogen-bond donors (Lipinski definition) is 2. The zero-order valence-corrected chi connectivity index (χ0v) is 12.2. The predicted octanol–water partition coefficient (Wildman–Crippen LogP) is 0.476. The molecule has 1 atom stereocenters. The van der Waals surface area contributed by atoms with Crippen molar-refractivity contribution < 1.29 is 5.11 Å². The summed E-state index contributed by atoms with van der Waals surface area (Å²) in [7, 11) is 6.13. The van der Waals surface area contributed by atoms with Crippen LogP contribution in [0.25, 0.3) is 0 Å². The molecule has 0 aliphatic carbocycles. The lowest BCUT2D eigenvalue weighted by Crippen LogP contribution is -2.39. The van der Waals surface area contributed by atoms with E-state index < -0.39 is 0 Å². The summed E-state index contributed by atoms with van der Waals surface area (Å²) in [5.74, 6) is 0.694. The molecule has 0 aliphatic rings. The van der Waals surface area contributed by atoms with E-state index in [-0.39, 0.29) is 12.6 Å². The second-order valence-electron chi connectivity index (χ2n) is 5.45. The van der Waals surface area contributed by atoms with Crippen LogP contribution in [0.5, 0.6) is 0 Å². The zero-order valence-electron chi connectivity index (χ0n) is 12.2. The Morgan fingerprint density at radius 3 is 2.18 bits per heavy atom. The lowest BCUT2D eigenvalue weighted by molar-refractivity contribution is 0.188. The van der Waals surface area contributed by atoms with Crippen molar-refractivity contribution in [1.29, 1.82) is 0 Å². The van der Waals surface area contributed by atoms with Crippen LogP contribution < -0.4 is 5.32 Å². The van der Waals surface area contributed by atoms with E-state index in [4.69, 9.17) is 5.11 Å². The molecule has 0 heterocycles. The quantitative estimate of drug-likeness (QED) is 0.587. The molecule has 0 aromatic carbocycles. The molecule has 0 aliphatic heterocycles. The number of nitrogens with one attached hydrogen (secondary N) is 1. The maximum absolute atomic E-state index is 9.15. The first-order valence-electron chi connectivity index (χ1n) is 6.64. The van der Waals surface area contributed by atoms with Crippen LogP contribution in [0, 0.1) is 5.92 Å². The maximum Gasteiger partial charge on any atom is 0.0585 e. The minimum absolute atomic E-state index is 0.222. The van der Waals surface area contributed by atoms with E-state index in [9.17, 15) is 0 Å². The topological polar surface area (TPSA) is 38.7 Å². The Morgan fingerprint density at radius 1 is 1.12 bits per heavy atom. The first-order chi connectivity index (χ1) is 7.99. The average molecular weight is 245 g/mol. The summed E-state index contributed by atoms with van der Waals surface area (Å²) in [5.41, 5.74) is 0. The fourth-order valence-corrected chi connectivity index (χ4v) is 1.82. The van der Waals surface area contributed by atoms with E-state index in [1.807, 2.05) is 7.05 Å². The highest BCUT2D eigenvalue weighted by atomic mass is 16.3. The van der Waals surface area contributed by atoms with Gasteiger partial charge in [-0.1, -0.05) is 13.8 Å². The third-order valence-corrected chi connectivity index (χ3v) is 2.91. The summed E-state index contributed by atoms with van der Waals surface area (Å²) >= 11 is 0. The van der Waals surface area contributed by atoms with Gasteiger partial charge in [0.25, 0.3) is 0 Å². The molecule has 0 saturated heterocycles. The monoisotopic (exact) mass is 245 g/mol. The minimum Gasteiger partial charge on any atom is -0.395 e. The summed E-state index contributed by atoms with van der Waals surface area (Å²) in [6, 6.07) is 0.226. The van der Waals surface area contributed by atoms with Crippen molar-refractivity contribution in [3.05, 3.63) is 0 Å². The van der Waals surface area contributed by atoms with Crippen LogP contribution in [0.4, 0.5) is 0 Å². The lowest BCUT2D eigenvalue weighted by atomic mass is 10.1. The van der Waals surface area contributed by atoms with E-state index in [0.29, 0.717) is 5.92 Å². The number of aliphatic hydroxyl groups is 1. The molecular formula is C13H31N3O. The van der Waals surface area contributed by atoms with Gasteiger partial charge in [-0.3, -0.25) is 0 Å². The van der Waals surface area contributed by atoms with Crippen molar-refractivity contribution in [3.63, 3.8) is 0 Å². The normalized spacial score (nSPS) is 13.9. The van der Waals surface area contributed by atoms with Gasteiger partial charge < -0.3 is 20.2 Å². The minimum atomic E-state index is 0.222. The first-order valence-corrected chi connectivity index (χ1v) is 6.64. The van der Waals surface area contributed by atoms with E-state index in [1.54, 1.807) is 0 Å². The smallest absolute Gasteiger partial charge is 0.0585 e. The van der Waals surface area contributed by atoms with Crippen LogP contribution >= 0.6 is 0 Å². The van der Waals surface area contributed by atoms with Crippen LogP contribution in [0.1, 0.15) is 20.3 Å². The van der Waals surface area contributed by atoms with Gasteiger partial charge in [-0.25, -0.2) is 0 Å². The molecule has 0 aromatic rings. The molecule has 0 radical (unpaired) electrons. The third-order valence-electron chi connectivity index (χ3n) is 2.91. The van der Waals surface area contributed by atoms with Gasteiger partial charge in [0.05, 0.1) is 6.61 Å². The molecule has 0 fully saturated rings. The van der Waals surface area contributed by atoms with Crippen molar-refractivity contribution in [2.45, 2.75) is 26.3 Å². The Hall–Kier alpha value is -0.160. The molecule has 2 N–H and O–H groups in total. The van der Waals surface area contributed by atoms with Crippen LogP contribution in [0.15, 0.2) is 0 Å². The van der Waals surface area contributed by atoms with Crippen LogP contribution in [-0.2, 0) is 0 Å².